The molecule has 1 saturated carbocycles. The zero-order valence-electron chi connectivity index (χ0n) is 9.90. The van der Waals surface area contributed by atoms with Gasteiger partial charge >= 0.3 is 12.0 Å². The normalized spacial score (nSPS) is 13.8. The molecule has 0 aliphatic heterocycles. The maximum absolute atomic E-state index is 11.5. The third-order valence-corrected chi connectivity index (χ3v) is 2.60. The van der Waals surface area contributed by atoms with Crippen LogP contribution in [-0.4, -0.2) is 30.3 Å². The molecule has 3 N–H and O–H groups in total. The number of amides is 2. The average molecular weight is 250 g/mol. The molecule has 96 valence electrons. The third-order valence-electron chi connectivity index (χ3n) is 2.60. The van der Waals surface area contributed by atoms with Crippen molar-refractivity contribution in [1.82, 2.24) is 5.32 Å². The van der Waals surface area contributed by atoms with Gasteiger partial charge in [-0.2, -0.15) is 0 Å². The molecule has 0 bridgehead atoms. The number of carboxylic acid groups (broad SMARTS) is 1. The van der Waals surface area contributed by atoms with Crippen molar-refractivity contribution >= 4 is 17.7 Å². The molecule has 0 spiro atoms. The van der Waals surface area contributed by atoms with E-state index in [1.165, 1.54) is 19.2 Å². The van der Waals surface area contributed by atoms with Crippen LogP contribution in [-0.2, 0) is 0 Å². The Morgan fingerprint density at radius 3 is 2.67 bits per heavy atom. The van der Waals surface area contributed by atoms with Crippen molar-refractivity contribution in [1.29, 1.82) is 0 Å². The molecule has 6 heteroatoms. The fourth-order valence-corrected chi connectivity index (χ4v) is 1.53. The van der Waals surface area contributed by atoms with Gasteiger partial charge in [-0.1, -0.05) is 0 Å². The molecule has 1 fully saturated rings. The van der Waals surface area contributed by atoms with Crippen molar-refractivity contribution in [3.63, 3.8) is 0 Å². The van der Waals surface area contributed by atoms with E-state index in [4.69, 9.17) is 9.84 Å². The lowest BCUT2D eigenvalue weighted by Crippen LogP contribution is -2.30. The molecule has 0 atom stereocenters. The summed E-state index contributed by atoms with van der Waals surface area (Å²) in [7, 11) is 1.40. The Balaban J connectivity index is 2.10. The molecular weight excluding hydrogens is 236 g/mol. The number of hydrogen-bond donors (Lipinski definition) is 3. The first-order chi connectivity index (χ1) is 8.60. The number of hydrogen-bond acceptors (Lipinski definition) is 3. The zero-order valence-corrected chi connectivity index (χ0v) is 9.90. The van der Waals surface area contributed by atoms with Crippen LogP contribution in [0.1, 0.15) is 23.2 Å². The molecule has 0 unspecified atom stereocenters. The monoisotopic (exact) mass is 250 g/mol. The molecular formula is C12H14N2O4. The van der Waals surface area contributed by atoms with E-state index in [9.17, 15) is 9.59 Å². The van der Waals surface area contributed by atoms with E-state index in [0.29, 0.717) is 5.69 Å². The smallest absolute Gasteiger partial charge is 0.339 e. The second kappa shape index (κ2) is 4.95. The Morgan fingerprint density at radius 2 is 2.11 bits per heavy atom. The van der Waals surface area contributed by atoms with Crippen molar-refractivity contribution in [2.75, 3.05) is 12.4 Å². The molecule has 0 aromatic heterocycles. The summed E-state index contributed by atoms with van der Waals surface area (Å²) in [6.45, 7) is 0. The van der Waals surface area contributed by atoms with Crippen LogP contribution < -0.4 is 15.4 Å². The first-order valence-corrected chi connectivity index (χ1v) is 5.59. The van der Waals surface area contributed by atoms with Crippen molar-refractivity contribution in [3.05, 3.63) is 23.8 Å². The minimum atomic E-state index is -1.10. The second-order valence-corrected chi connectivity index (χ2v) is 4.09. The quantitative estimate of drug-likeness (QED) is 0.758. The minimum absolute atomic E-state index is 0.0155. The largest absolute Gasteiger partial charge is 0.496 e. The first-order valence-electron chi connectivity index (χ1n) is 5.59. The van der Waals surface area contributed by atoms with Crippen LogP contribution in [0.25, 0.3) is 0 Å². The molecule has 1 aromatic rings. The minimum Gasteiger partial charge on any atom is -0.496 e. The van der Waals surface area contributed by atoms with Gasteiger partial charge in [-0.15, -0.1) is 0 Å². The molecule has 2 amide bonds. The summed E-state index contributed by atoms with van der Waals surface area (Å²) in [4.78, 5) is 22.5. The highest BCUT2D eigenvalue weighted by molar-refractivity contribution is 5.95. The van der Waals surface area contributed by atoms with Gasteiger partial charge in [-0.25, -0.2) is 9.59 Å². The number of methoxy groups -OCH3 is 1. The van der Waals surface area contributed by atoms with E-state index in [1.54, 1.807) is 6.07 Å². The maximum Gasteiger partial charge on any atom is 0.339 e. The summed E-state index contributed by atoms with van der Waals surface area (Å²) < 4.78 is 4.93. The van der Waals surface area contributed by atoms with Crippen molar-refractivity contribution in [2.24, 2.45) is 0 Å². The summed E-state index contributed by atoms with van der Waals surface area (Å²) in [5.41, 5.74) is 0.438. The predicted molar refractivity (Wildman–Crippen MR) is 65.1 cm³/mol. The molecule has 0 saturated heterocycles. The fraction of sp³-hybridized carbons (Fsp3) is 0.333. The molecule has 0 radical (unpaired) electrons. The average Bonchev–Trinajstić information content (AvgIpc) is 3.12. The van der Waals surface area contributed by atoms with Gasteiger partial charge in [0.1, 0.15) is 11.3 Å². The number of carbonyl (C=O) groups excluding carboxylic acids is 1. The summed E-state index contributed by atoms with van der Waals surface area (Å²) in [6.07, 6.45) is 1.99. The molecule has 0 heterocycles. The molecule has 1 aromatic carbocycles. The number of carboxylic acids is 1. The lowest BCUT2D eigenvalue weighted by Gasteiger charge is -2.09. The Bertz CT molecular complexity index is 483. The van der Waals surface area contributed by atoms with Crippen LogP contribution in [0.15, 0.2) is 18.2 Å². The van der Waals surface area contributed by atoms with Gasteiger partial charge in [0.05, 0.1) is 7.11 Å². The SMILES string of the molecule is COc1ccc(NC(=O)NC2CC2)cc1C(=O)O. The fourth-order valence-electron chi connectivity index (χ4n) is 1.53. The number of rotatable bonds is 4. The van der Waals surface area contributed by atoms with Crippen molar-refractivity contribution in [2.45, 2.75) is 18.9 Å². The Morgan fingerprint density at radius 1 is 1.39 bits per heavy atom. The number of anilines is 1. The van der Waals surface area contributed by atoms with Crippen LogP contribution >= 0.6 is 0 Å². The number of aromatic carboxylic acids is 1. The van der Waals surface area contributed by atoms with Crippen LogP contribution in [0, 0.1) is 0 Å². The van der Waals surface area contributed by atoms with E-state index >= 15 is 0 Å². The number of urea groups is 1. The summed E-state index contributed by atoms with van der Waals surface area (Å²) >= 11 is 0. The Labute approximate surface area is 104 Å². The molecule has 18 heavy (non-hydrogen) atoms. The lowest BCUT2D eigenvalue weighted by atomic mass is 10.2. The maximum atomic E-state index is 11.5. The van der Waals surface area contributed by atoms with Crippen molar-refractivity contribution < 1.29 is 19.4 Å². The predicted octanol–water partition coefficient (Wildman–Crippen LogP) is 1.68. The molecule has 2 rings (SSSR count). The number of ether oxygens (including phenoxy) is 1. The third kappa shape index (κ3) is 2.91. The second-order valence-electron chi connectivity index (χ2n) is 4.09. The highest BCUT2D eigenvalue weighted by atomic mass is 16.5. The molecule has 1 aliphatic rings. The number of benzene rings is 1. The van der Waals surface area contributed by atoms with Crippen LogP contribution in [0.2, 0.25) is 0 Å². The lowest BCUT2D eigenvalue weighted by molar-refractivity contribution is 0.0693. The zero-order chi connectivity index (χ0) is 13.1. The van der Waals surface area contributed by atoms with E-state index in [2.05, 4.69) is 10.6 Å². The summed E-state index contributed by atoms with van der Waals surface area (Å²) in [6, 6.07) is 4.41. The van der Waals surface area contributed by atoms with Crippen LogP contribution in [0.4, 0.5) is 10.5 Å². The van der Waals surface area contributed by atoms with Gasteiger partial charge in [-0.3, -0.25) is 0 Å². The van der Waals surface area contributed by atoms with Gasteiger partial charge in [0.2, 0.25) is 0 Å². The van der Waals surface area contributed by atoms with Crippen LogP contribution in [0.3, 0.4) is 0 Å². The standard InChI is InChI=1S/C12H14N2O4/c1-18-10-5-4-8(6-9(10)11(15)16)14-12(17)13-7-2-3-7/h4-7H,2-3H2,1H3,(H,15,16)(H2,13,14,17). The summed E-state index contributed by atoms with van der Waals surface area (Å²) in [5, 5.41) is 14.3. The van der Waals surface area contributed by atoms with E-state index in [-0.39, 0.29) is 23.4 Å². The highest BCUT2D eigenvalue weighted by Gasteiger charge is 2.23. The van der Waals surface area contributed by atoms with Gasteiger partial charge in [0.25, 0.3) is 0 Å². The highest BCUT2D eigenvalue weighted by Crippen LogP contribution is 2.23. The van der Waals surface area contributed by atoms with E-state index in [0.717, 1.165) is 12.8 Å². The van der Waals surface area contributed by atoms with Gasteiger partial charge in [-0.05, 0) is 31.0 Å². The topological polar surface area (TPSA) is 87.7 Å². The summed E-state index contributed by atoms with van der Waals surface area (Å²) in [5.74, 6) is -0.839. The van der Waals surface area contributed by atoms with E-state index < -0.39 is 5.97 Å². The van der Waals surface area contributed by atoms with Crippen LogP contribution in [0.5, 0.6) is 5.75 Å². The molecule has 1 aliphatic carbocycles. The number of carbonyl (C=O) groups is 2. The molecule has 6 nitrogen and oxygen atoms in total. The first kappa shape index (κ1) is 12.2. The van der Waals surface area contributed by atoms with Crippen molar-refractivity contribution in [3.8, 4) is 5.75 Å². The Hall–Kier alpha value is -2.24. The van der Waals surface area contributed by atoms with Gasteiger partial charge in [0, 0.05) is 11.7 Å². The number of nitrogens with one attached hydrogen (secondary N) is 2. The Kier molecular flexibility index (Phi) is 3.36. The van der Waals surface area contributed by atoms with E-state index in [1.807, 2.05) is 0 Å². The van der Waals surface area contributed by atoms with Gasteiger partial charge in [0.15, 0.2) is 0 Å². The van der Waals surface area contributed by atoms with Gasteiger partial charge < -0.3 is 20.5 Å².